The molecule has 1 aliphatic rings. The van der Waals surface area contributed by atoms with Gasteiger partial charge in [0, 0.05) is 0 Å². The minimum absolute atomic E-state index is 0.157. The molecule has 68 valence electrons. The van der Waals surface area contributed by atoms with Gasteiger partial charge in [0.05, 0.1) is 25.0 Å². The summed E-state index contributed by atoms with van der Waals surface area (Å²) in [5, 5.41) is 0. The van der Waals surface area contributed by atoms with E-state index in [0.717, 1.165) is 6.42 Å². The van der Waals surface area contributed by atoms with Crippen molar-refractivity contribution in [3.63, 3.8) is 0 Å². The zero-order valence-electron chi connectivity index (χ0n) is 7.29. The molecule has 1 heterocycles. The Balaban J connectivity index is 2.59. The van der Waals surface area contributed by atoms with Crippen LogP contribution in [0, 0.1) is 0 Å². The fourth-order valence-corrected chi connectivity index (χ4v) is 1.26. The molecule has 0 bridgehead atoms. The summed E-state index contributed by atoms with van der Waals surface area (Å²) < 4.78 is 15.7. The highest BCUT2D eigenvalue weighted by molar-refractivity contribution is 4.75. The molecule has 0 aromatic carbocycles. The van der Waals surface area contributed by atoms with Crippen LogP contribution in [0.5, 0.6) is 0 Å². The SMILES string of the molecule is C=COC1(OC=C)CCC(C)O1. The van der Waals surface area contributed by atoms with E-state index < -0.39 is 5.97 Å². The van der Waals surface area contributed by atoms with Crippen LogP contribution < -0.4 is 0 Å². The van der Waals surface area contributed by atoms with Gasteiger partial charge in [-0.05, 0) is 13.3 Å². The second kappa shape index (κ2) is 3.63. The lowest BCUT2D eigenvalue weighted by Crippen LogP contribution is -2.32. The summed E-state index contributed by atoms with van der Waals surface area (Å²) in [4.78, 5) is 0. The van der Waals surface area contributed by atoms with Gasteiger partial charge in [-0.15, -0.1) is 0 Å². The van der Waals surface area contributed by atoms with Gasteiger partial charge in [-0.1, -0.05) is 13.2 Å². The quantitative estimate of drug-likeness (QED) is 0.478. The van der Waals surface area contributed by atoms with Crippen molar-refractivity contribution in [3.8, 4) is 0 Å². The average molecular weight is 170 g/mol. The Bertz CT molecular complexity index is 167. The van der Waals surface area contributed by atoms with E-state index in [1.807, 2.05) is 6.92 Å². The van der Waals surface area contributed by atoms with Crippen LogP contribution in [-0.4, -0.2) is 12.1 Å². The molecule has 0 spiro atoms. The van der Waals surface area contributed by atoms with Crippen LogP contribution in [0.1, 0.15) is 19.8 Å². The summed E-state index contributed by atoms with van der Waals surface area (Å²) in [6.07, 6.45) is 4.42. The van der Waals surface area contributed by atoms with Gasteiger partial charge in [0.1, 0.15) is 0 Å². The normalized spacial score (nSPS) is 26.2. The molecule has 0 aliphatic carbocycles. The molecule has 1 rings (SSSR count). The average Bonchev–Trinajstić information content (AvgIpc) is 2.34. The molecule has 3 nitrogen and oxygen atoms in total. The second-order valence-corrected chi connectivity index (χ2v) is 2.72. The van der Waals surface area contributed by atoms with Gasteiger partial charge in [0.15, 0.2) is 0 Å². The Morgan fingerprint density at radius 3 is 2.33 bits per heavy atom. The predicted molar refractivity (Wildman–Crippen MR) is 45.1 cm³/mol. The van der Waals surface area contributed by atoms with Crippen LogP contribution in [0.2, 0.25) is 0 Å². The first-order valence-corrected chi connectivity index (χ1v) is 3.98. The maximum atomic E-state index is 5.44. The van der Waals surface area contributed by atoms with Crippen molar-refractivity contribution in [1.29, 1.82) is 0 Å². The van der Waals surface area contributed by atoms with Crippen LogP contribution in [-0.2, 0) is 14.2 Å². The number of hydrogen-bond acceptors (Lipinski definition) is 3. The molecule has 0 saturated carbocycles. The van der Waals surface area contributed by atoms with Crippen molar-refractivity contribution in [1.82, 2.24) is 0 Å². The lowest BCUT2D eigenvalue weighted by atomic mass is 10.2. The first kappa shape index (κ1) is 9.13. The monoisotopic (exact) mass is 170 g/mol. The third kappa shape index (κ3) is 1.80. The smallest absolute Gasteiger partial charge is 0.370 e. The van der Waals surface area contributed by atoms with Crippen molar-refractivity contribution < 1.29 is 14.2 Å². The van der Waals surface area contributed by atoms with E-state index in [1.54, 1.807) is 0 Å². The van der Waals surface area contributed by atoms with Gasteiger partial charge in [-0.25, -0.2) is 0 Å². The van der Waals surface area contributed by atoms with Gasteiger partial charge < -0.3 is 14.2 Å². The first-order chi connectivity index (χ1) is 5.72. The van der Waals surface area contributed by atoms with Crippen molar-refractivity contribution in [2.75, 3.05) is 0 Å². The third-order valence-electron chi connectivity index (χ3n) is 1.76. The molecule has 1 fully saturated rings. The van der Waals surface area contributed by atoms with E-state index in [9.17, 15) is 0 Å². The fraction of sp³-hybridized carbons (Fsp3) is 0.556. The Morgan fingerprint density at radius 1 is 1.42 bits per heavy atom. The van der Waals surface area contributed by atoms with Crippen molar-refractivity contribution in [2.24, 2.45) is 0 Å². The molecule has 1 aliphatic heterocycles. The van der Waals surface area contributed by atoms with E-state index in [2.05, 4.69) is 13.2 Å². The Labute approximate surface area is 72.6 Å². The van der Waals surface area contributed by atoms with Crippen LogP contribution >= 0.6 is 0 Å². The molecule has 3 heteroatoms. The molecule has 0 N–H and O–H groups in total. The van der Waals surface area contributed by atoms with Gasteiger partial charge in [0.2, 0.25) is 0 Å². The van der Waals surface area contributed by atoms with Crippen molar-refractivity contribution in [3.05, 3.63) is 25.7 Å². The van der Waals surface area contributed by atoms with E-state index >= 15 is 0 Å². The molecule has 1 unspecified atom stereocenters. The summed E-state index contributed by atoms with van der Waals surface area (Å²) in [6.45, 7) is 8.89. The molecule has 0 aromatic heterocycles. The van der Waals surface area contributed by atoms with Gasteiger partial charge in [-0.2, -0.15) is 0 Å². The predicted octanol–water partition coefficient (Wildman–Crippen LogP) is 2.16. The number of ether oxygens (including phenoxy) is 3. The highest BCUT2D eigenvalue weighted by atomic mass is 16.9. The molecular weight excluding hydrogens is 156 g/mol. The van der Waals surface area contributed by atoms with Crippen molar-refractivity contribution in [2.45, 2.75) is 31.8 Å². The molecule has 0 amide bonds. The summed E-state index contributed by atoms with van der Waals surface area (Å²) in [7, 11) is 0. The van der Waals surface area contributed by atoms with Crippen LogP contribution in [0.4, 0.5) is 0 Å². The molecular formula is C9H14O3. The molecule has 12 heavy (non-hydrogen) atoms. The summed E-state index contributed by atoms with van der Waals surface area (Å²) >= 11 is 0. The number of rotatable bonds is 4. The highest BCUT2D eigenvalue weighted by Gasteiger charge is 2.42. The van der Waals surface area contributed by atoms with E-state index in [4.69, 9.17) is 14.2 Å². The topological polar surface area (TPSA) is 27.7 Å². The molecule has 1 atom stereocenters. The maximum absolute atomic E-state index is 5.44. The lowest BCUT2D eigenvalue weighted by Gasteiger charge is -2.26. The van der Waals surface area contributed by atoms with Crippen LogP contribution in [0.3, 0.4) is 0 Å². The molecule has 0 aromatic rings. The third-order valence-corrected chi connectivity index (χ3v) is 1.76. The second-order valence-electron chi connectivity index (χ2n) is 2.72. The van der Waals surface area contributed by atoms with Crippen LogP contribution in [0.25, 0.3) is 0 Å². The standard InChI is InChI=1S/C9H14O3/c1-4-10-9(11-5-2)7-6-8(3)12-9/h4-5,8H,1-2,6-7H2,3H3. The van der Waals surface area contributed by atoms with Gasteiger partial charge in [0.25, 0.3) is 0 Å². The fourth-order valence-electron chi connectivity index (χ4n) is 1.26. The summed E-state index contributed by atoms with van der Waals surface area (Å²) in [6, 6.07) is 0. The largest absolute Gasteiger partial charge is 0.439 e. The maximum Gasteiger partial charge on any atom is 0.370 e. The van der Waals surface area contributed by atoms with Gasteiger partial charge >= 0.3 is 5.97 Å². The summed E-state index contributed by atoms with van der Waals surface area (Å²) in [5.41, 5.74) is 0. The Kier molecular flexibility index (Phi) is 2.76. The zero-order chi connectivity index (χ0) is 9.03. The minimum atomic E-state index is -0.969. The van der Waals surface area contributed by atoms with Gasteiger partial charge in [-0.3, -0.25) is 0 Å². The Hall–Kier alpha value is -0.960. The van der Waals surface area contributed by atoms with Crippen LogP contribution in [0.15, 0.2) is 25.7 Å². The summed E-state index contributed by atoms with van der Waals surface area (Å²) in [5.74, 6) is -0.969. The van der Waals surface area contributed by atoms with Crippen molar-refractivity contribution >= 4 is 0 Å². The van der Waals surface area contributed by atoms with E-state index in [0.29, 0.717) is 6.42 Å². The molecule has 0 radical (unpaired) electrons. The lowest BCUT2D eigenvalue weighted by molar-refractivity contribution is -0.327. The highest BCUT2D eigenvalue weighted by Crippen LogP contribution is 2.32. The van der Waals surface area contributed by atoms with E-state index in [1.165, 1.54) is 12.5 Å². The molecule has 1 saturated heterocycles. The number of hydrogen-bond donors (Lipinski definition) is 0. The zero-order valence-corrected chi connectivity index (χ0v) is 7.29. The van der Waals surface area contributed by atoms with E-state index in [-0.39, 0.29) is 6.10 Å². The first-order valence-electron chi connectivity index (χ1n) is 3.98. The Morgan fingerprint density at radius 2 is 2.00 bits per heavy atom. The minimum Gasteiger partial charge on any atom is -0.439 e.